The van der Waals surface area contributed by atoms with Gasteiger partial charge in [0, 0.05) is 29.3 Å². The molecule has 0 saturated carbocycles. The Hall–Kier alpha value is -0.566. The van der Waals surface area contributed by atoms with Crippen molar-refractivity contribution in [1.82, 2.24) is 0 Å². The molecule has 0 unspecified atom stereocenters. The predicted molar refractivity (Wildman–Crippen MR) is 63.6 cm³/mol. The molecule has 17 heavy (non-hydrogen) atoms. The molecule has 0 aromatic carbocycles. The smallest absolute Gasteiger partial charge is 0.303 e. The fourth-order valence-electron chi connectivity index (χ4n) is 1.05. The minimum absolute atomic E-state index is 0. The van der Waals surface area contributed by atoms with E-state index in [9.17, 15) is 9.59 Å². The van der Waals surface area contributed by atoms with E-state index in [1.807, 2.05) is 0 Å². The van der Waals surface area contributed by atoms with E-state index in [-0.39, 0.29) is 16.5 Å². The minimum atomic E-state index is -0.682. The summed E-state index contributed by atoms with van der Waals surface area (Å²) in [5.74, 6) is -1.36. The summed E-state index contributed by atoms with van der Waals surface area (Å²) in [4.78, 5) is 19.7. The van der Waals surface area contributed by atoms with Gasteiger partial charge in [0.05, 0.1) is 0 Å². The van der Waals surface area contributed by atoms with Gasteiger partial charge >= 0.3 is 11.9 Å². The third-order valence-corrected chi connectivity index (χ3v) is 1.99. The van der Waals surface area contributed by atoms with E-state index in [2.05, 4.69) is 13.8 Å². The van der Waals surface area contributed by atoms with E-state index < -0.39 is 11.9 Å². The second kappa shape index (κ2) is 17.8. The maximum Gasteiger partial charge on any atom is 0.303 e. The molecule has 0 aliphatic carbocycles. The van der Waals surface area contributed by atoms with E-state index in [4.69, 9.17) is 10.2 Å². The van der Waals surface area contributed by atoms with Crippen LogP contribution < -0.4 is 0 Å². The van der Waals surface area contributed by atoms with Crippen molar-refractivity contribution in [3.63, 3.8) is 0 Å². The van der Waals surface area contributed by atoms with Crippen LogP contribution in [0.3, 0.4) is 0 Å². The van der Waals surface area contributed by atoms with Gasteiger partial charge in [0.25, 0.3) is 0 Å². The number of carboxylic acids is 2. The molecule has 0 radical (unpaired) electrons. The molecule has 0 amide bonds. The van der Waals surface area contributed by atoms with Gasteiger partial charge in [-0.3, -0.25) is 9.59 Å². The predicted octanol–water partition coefficient (Wildman–Crippen LogP) is 3.30. The van der Waals surface area contributed by atoms with Crippen LogP contribution >= 0.6 is 0 Å². The van der Waals surface area contributed by atoms with Crippen LogP contribution in [-0.4, -0.2) is 22.2 Å². The first kappa shape index (κ1) is 21.7. The van der Waals surface area contributed by atoms with Gasteiger partial charge in [-0.05, 0) is 12.8 Å². The van der Waals surface area contributed by atoms with Crippen LogP contribution in [0.5, 0.6) is 0 Å². The number of hydrogen-bond donors (Lipinski definition) is 2. The molecule has 0 aromatic heterocycles. The van der Waals surface area contributed by atoms with Crippen LogP contribution in [0.1, 0.15) is 65.2 Å². The van der Waals surface area contributed by atoms with Crippen LogP contribution in [0.2, 0.25) is 0 Å². The van der Waals surface area contributed by atoms with Crippen molar-refractivity contribution in [1.29, 1.82) is 0 Å². The van der Waals surface area contributed by atoms with E-state index in [0.717, 1.165) is 38.5 Å². The first-order valence-electron chi connectivity index (χ1n) is 5.98. The Morgan fingerprint density at radius 1 is 0.765 bits per heavy atom. The van der Waals surface area contributed by atoms with Crippen LogP contribution in [0.25, 0.3) is 0 Å². The third kappa shape index (κ3) is 31.3. The number of carbonyl (C=O) groups is 2. The zero-order valence-electron chi connectivity index (χ0n) is 10.7. The van der Waals surface area contributed by atoms with E-state index >= 15 is 0 Å². The second-order valence-corrected chi connectivity index (χ2v) is 3.70. The van der Waals surface area contributed by atoms with Gasteiger partial charge in [-0.2, -0.15) is 0 Å². The maximum atomic E-state index is 9.87. The Kier molecular flexibility index (Phi) is 22.7. The second-order valence-electron chi connectivity index (χ2n) is 3.70. The summed E-state index contributed by atoms with van der Waals surface area (Å²) in [5, 5.41) is 16.3. The van der Waals surface area contributed by atoms with E-state index in [1.54, 1.807) is 0 Å². The fraction of sp³-hybridized carbons (Fsp3) is 0.833. The van der Waals surface area contributed by atoms with Crippen LogP contribution in [0.15, 0.2) is 0 Å². The molecule has 106 valence electrons. The SMILES string of the molecule is CCCCCC(=O)O.CCCCCC(=O)O.[Ni]. The number of aliphatic carboxylic acids is 2. The largest absolute Gasteiger partial charge is 0.481 e. The Morgan fingerprint density at radius 3 is 1.24 bits per heavy atom. The summed E-state index contributed by atoms with van der Waals surface area (Å²) in [5.41, 5.74) is 0. The molecule has 0 bridgehead atoms. The molecule has 0 fully saturated rings. The Bertz CT molecular complexity index is 163. The summed E-state index contributed by atoms with van der Waals surface area (Å²) in [6, 6.07) is 0. The van der Waals surface area contributed by atoms with Crippen molar-refractivity contribution in [2.75, 3.05) is 0 Å². The van der Waals surface area contributed by atoms with Crippen molar-refractivity contribution in [2.24, 2.45) is 0 Å². The number of rotatable bonds is 8. The van der Waals surface area contributed by atoms with Crippen molar-refractivity contribution >= 4 is 11.9 Å². The van der Waals surface area contributed by atoms with E-state index in [0.29, 0.717) is 12.8 Å². The van der Waals surface area contributed by atoms with Gasteiger partial charge in [0.1, 0.15) is 0 Å². The zero-order valence-corrected chi connectivity index (χ0v) is 11.7. The van der Waals surface area contributed by atoms with Gasteiger partial charge in [0.15, 0.2) is 0 Å². The molecule has 0 saturated heterocycles. The van der Waals surface area contributed by atoms with Crippen molar-refractivity contribution < 1.29 is 36.3 Å². The standard InChI is InChI=1S/2C6H12O2.Ni/c2*1-2-3-4-5-6(7)8;/h2*2-5H2,1H3,(H,7,8);. The maximum absolute atomic E-state index is 9.87. The number of carboxylic acid groups (broad SMARTS) is 2. The van der Waals surface area contributed by atoms with Crippen LogP contribution in [-0.2, 0) is 26.1 Å². The Morgan fingerprint density at radius 2 is 1.06 bits per heavy atom. The van der Waals surface area contributed by atoms with Crippen LogP contribution in [0.4, 0.5) is 0 Å². The molecule has 2 N–H and O–H groups in total. The average Bonchev–Trinajstić information content (AvgIpc) is 2.18. The summed E-state index contributed by atoms with van der Waals surface area (Å²) in [7, 11) is 0. The van der Waals surface area contributed by atoms with Crippen molar-refractivity contribution in [3.8, 4) is 0 Å². The molecule has 0 heterocycles. The first-order chi connectivity index (χ1) is 7.54. The number of hydrogen-bond acceptors (Lipinski definition) is 2. The average molecular weight is 291 g/mol. The summed E-state index contributed by atoms with van der Waals surface area (Å²) >= 11 is 0. The normalized spacial score (nSPS) is 8.59. The molecule has 0 rings (SSSR count). The molecule has 0 aromatic rings. The minimum Gasteiger partial charge on any atom is -0.481 e. The summed E-state index contributed by atoms with van der Waals surface area (Å²) < 4.78 is 0. The van der Waals surface area contributed by atoms with Gasteiger partial charge in [-0.25, -0.2) is 0 Å². The Balaban J connectivity index is -0.000000218. The van der Waals surface area contributed by atoms with Gasteiger partial charge in [-0.15, -0.1) is 0 Å². The van der Waals surface area contributed by atoms with Gasteiger partial charge in [-0.1, -0.05) is 39.5 Å². The van der Waals surface area contributed by atoms with Gasteiger partial charge in [0.2, 0.25) is 0 Å². The summed E-state index contributed by atoms with van der Waals surface area (Å²) in [6.07, 6.45) is 6.55. The Labute approximate surface area is 114 Å². The topological polar surface area (TPSA) is 74.6 Å². The van der Waals surface area contributed by atoms with Gasteiger partial charge < -0.3 is 10.2 Å². The molecular weight excluding hydrogens is 267 g/mol. The summed E-state index contributed by atoms with van der Waals surface area (Å²) in [6.45, 7) is 4.11. The fourth-order valence-corrected chi connectivity index (χ4v) is 1.05. The van der Waals surface area contributed by atoms with E-state index in [1.165, 1.54) is 0 Å². The molecule has 0 atom stereocenters. The quantitative estimate of drug-likeness (QED) is 0.531. The first-order valence-corrected chi connectivity index (χ1v) is 5.98. The monoisotopic (exact) mass is 290 g/mol. The number of unbranched alkanes of at least 4 members (excludes halogenated alkanes) is 4. The molecule has 0 spiro atoms. The molecule has 5 heteroatoms. The third-order valence-electron chi connectivity index (χ3n) is 1.99. The van der Waals surface area contributed by atoms with Crippen molar-refractivity contribution in [2.45, 2.75) is 65.2 Å². The zero-order chi connectivity index (χ0) is 12.8. The molecule has 4 nitrogen and oxygen atoms in total. The van der Waals surface area contributed by atoms with Crippen molar-refractivity contribution in [3.05, 3.63) is 0 Å². The molecule has 0 aliphatic heterocycles. The molecular formula is C12H24NiO4. The van der Waals surface area contributed by atoms with Crippen LogP contribution in [0, 0.1) is 0 Å². The molecule has 0 aliphatic rings.